The van der Waals surface area contributed by atoms with Crippen molar-refractivity contribution in [1.82, 2.24) is 9.97 Å². The highest BCUT2D eigenvalue weighted by molar-refractivity contribution is 7.91. The van der Waals surface area contributed by atoms with Crippen molar-refractivity contribution >= 4 is 39.2 Å². The lowest BCUT2D eigenvalue weighted by Gasteiger charge is -2.27. The minimum Gasteiger partial charge on any atom is -0.491 e. The molecule has 7 nitrogen and oxygen atoms in total. The lowest BCUT2D eigenvalue weighted by atomic mass is 9.78. The largest absolute Gasteiger partial charge is 0.491 e. The number of hydrogen-bond donors (Lipinski definition) is 1. The number of rotatable bonds is 10. The van der Waals surface area contributed by atoms with E-state index < -0.39 is 10.0 Å². The number of nitrogens with zero attached hydrogens (tertiary/aromatic N) is 2. The van der Waals surface area contributed by atoms with Crippen LogP contribution >= 0.6 is 23.2 Å². The SMILES string of the molecule is CC(C)(c1ccc(OCc2ccnc(NS(C)(=O)=O)n2)cc1)c1ccc(OCCCl)c(Cl)c1. The maximum atomic E-state index is 11.3. The lowest BCUT2D eigenvalue weighted by Crippen LogP contribution is -2.19. The Bertz CT molecular complexity index is 1200. The van der Waals surface area contributed by atoms with Crippen LogP contribution in [0.3, 0.4) is 0 Å². The second kappa shape index (κ2) is 10.6. The fourth-order valence-electron chi connectivity index (χ4n) is 3.14. The number of aromatic nitrogens is 2. The lowest BCUT2D eigenvalue weighted by molar-refractivity contribution is 0.301. The molecule has 0 aliphatic rings. The first-order valence-electron chi connectivity index (χ1n) is 10.1. The molecule has 0 saturated heterocycles. The number of nitrogens with one attached hydrogen (secondary N) is 1. The molecule has 33 heavy (non-hydrogen) atoms. The maximum Gasteiger partial charge on any atom is 0.236 e. The summed E-state index contributed by atoms with van der Waals surface area (Å²) in [4.78, 5) is 8.04. The fourth-order valence-corrected chi connectivity index (χ4v) is 3.88. The highest BCUT2D eigenvalue weighted by Crippen LogP contribution is 2.36. The van der Waals surface area contributed by atoms with E-state index in [1.165, 1.54) is 6.20 Å². The zero-order chi connectivity index (χ0) is 24.1. The normalized spacial score (nSPS) is 11.8. The van der Waals surface area contributed by atoms with E-state index in [9.17, 15) is 8.42 Å². The van der Waals surface area contributed by atoms with Gasteiger partial charge in [-0.1, -0.05) is 43.6 Å². The molecular formula is C23H25Cl2N3O4S. The third kappa shape index (κ3) is 6.96. The number of alkyl halides is 1. The van der Waals surface area contributed by atoms with Crippen LogP contribution < -0.4 is 14.2 Å². The molecule has 1 aromatic heterocycles. The van der Waals surface area contributed by atoms with Crippen LogP contribution in [0.2, 0.25) is 5.02 Å². The smallest absolute Gasteiger partial charge is 0.236 e. The summed E-state index contributed by atoms with van der Waals surface area (Å²) in [6.45, 7) is 4.80. The summed E-state index contributed by atoms with van der Waals surface area (Å²) in [5, 5.41) is 0.542. The van der Waals surface area contributed by atoms with E-state index in [4.69, 9.17) is 32.7 Å². The Hall–Kier alpha value is -2.55. The average molecular weight is 510 g/mol. The minimum atomic E-state index is -3.45. The van der Waals surface area contributed by atoms with Crippen LogP contribution in [-0.2, 0) is 22.0 Å². The van der Waals surface area contributed by atoms with Gasteiger partial charge in [0.05, 0.1) is 22.9 Å². The Balaban J connectivity index is 1.68. The second-order valence-corrected chi connectivity index (χ2v) is 10.4. The molecule has 0 atom stereocenters. The summed E-state index contributed by atoms with van der Waals surface area (Å²) in [5.41, 5.74) is 2.38. The van der Waals surface area contributed by atoms with Crippen molar-refractivity contribution < 1.29 is 17.9 Å². The van der Waals surface area contributed by atoms with E-state index in [-0.39, 0.29) is 18.0 Å². The summed E-state index contributed by atoms with van der Waals surface area (Å²) in [6.07, 6.45) is 2.52. The molecular weight excluding hydrogens is 485 g/mol. The van der Waals surface area contributed by atoms with Gasteiger partial charge >= 0.3 is 0 Å². The molecule has 0 fully saturated rings. The molecule has 0 spiro atoms. The van der Waals surface area contributed by atoms with Crippen molar-refractivity contribution in [2.24, 2.45) is 0 Å². The van der Waals surface area contributed by atoms with Crippen molar-refractivity contribution in [1.29, 1.82) is 0 Å². The summed E-state index contributed by atoms with van der Waals surface area (Å²) in [5.74, 6) is 1.68. The summed E-state index contributed by atoms with van der Waals surface area (Å²) >= 11 is 12.1. The highest BCUT2D eigenvalue weighted by Gasteiger charge is 2.24. The molecule has 0 saturated carbocycles. The van der Waals surface area contributed by atoms with Crippen molar-refractivity contribution in [2.75, 3.05) is 23.5 Å². The van der Waals surface area contributed by atoms with E-state index in [1.807, 2.05) is 42.5 Å². The molecule has 1 heterocycles. The monoisotopic (exact) mass is 509 g/mol. The van der Waals surface area contributed by atoms with Crippen molar-refractivity contribution in [3.8, 4) is 11.5 Å². The Morgan fingerprint density at radius 1 is 1.03 bits per heavy atom. The van der Waals surface area contributed by atoms with Crippen molar-refractivity contribution in [3.05, 3.63) is 76.6 Å². The van der Waals surface area contributed by atoms with Gasteiger partial charge in [0.15, 0.2) is 0 Å². The van der Waals surface area contributed by atoms with Gasteiger partial charge in [0.2, 0.25) is 16.0 Å². The molecule has 0 bridgehead atoms. The molecule has 0 aliphatic heterocycles. The summed E-state index contributed by atoms with van der Waals surface area (Å²) in [7, 11) is -3.45. The van der Waals surface area contributed by atoms with E-state index >= 15 is 0 Å². The van der Waals surface area contributed by atoms with Crippen LogP contribution in [-0.4, -0.2) is 37.1 Å². The molecule has 0 amide bonds. The van der Waals surface area contributed by atoms with E-state index in [2.05, 4.69) is 28.5 Å². The Morgan fingerprint density at radius 2 is 1.73 bits per heavy atom. The van der Waals surface area contributed by atoms with Gasteiger partial charge < -0.3 is 9.47 Å². The number of anilines is 1. The van der Waals surface area contributed by atoms with Gasteiger partial charge in [-0.05, 0) is 41.5 Å². The second-order valence-electron chi connectivity index (χ2n) is 7.87. The quantitative estimate of drug-likeness (QED) is 0.385. The van der Waals surface area contributed by atoms with Crippen LogP contribution in [0, 0.1) is 0 Å². The number of ether oxygens (including phenoxy) is 2. The Morgan fingerprint density at radius 3 is 2.36 bits per heavy atom. The van der Waals surface area contributed by atoms with Crippen LogP contribution in [0.5, 0.6) is 11.5 Å². The van der Waals surface area contributed by atoms with Crippen LogP contribution in [0.1, 0.15) is 30.7 Å². The minimum absolute atomic E-state index is 0.00781. The van der Waals surface area contributed by atoms with E-state index in [1.54, 1.807) is 6.07 Å². The summed E-state index contributed by atoms with van der Waals surface area (Å²) in [6, 6.07) is 15.2. The summed E-state index contributed by atoms with van der Waals surface area (Å²) < 4.78 is 36.3. The predicted molar refractivity (Wildman–Crippen MR) is 131 cm³/mol. The zero-order valence-corrected chi connectivity index (χ0v) is 20.8. The number of benzene rings is 2. The van der Waals surface area contributed by atoms with Crippen molar-refractivity contribution in [3.63, 3.8) is 0 Å². The highest BCUT2D eigenvalue weighted by atomic mass is 35.5. The molecule has 3 aromatic rings. The molecule has 0 unspecified atom stereocenters. The van der Waals surface area contributed by atoms with Gasteiger partial charge in [-0.15, -0.1) is 11.6 Å². The number of halogens is 2. The number of hydrogen-bond acceptors (Lipinski definition) is 6. The third-order valence-electron chi connectivity index (χ3n) is 4.94. The molecule has 0 aliphatic carbocycles. The number of sulfonamides is 1. The average Bonchev–Trinajstić information content (AvgIpc) is 2.76. The van der Waals surface area contributed by atoms with Crippen molar-refractivity contribution in [2.45, 2.75) is 25.9 Å². The van der Waals surface area contributed by atoms with E-state index in [0.717, 1.165) is 17.4 Å². The van der Waals surface area contributed by atoms with Gasteiger partial charge in [-0.25, -0.2) is 18.4 Å². The molecule has 10 heteroatoms. The third-order valence-corrected chi connectivity index (χ3v) is 5.94. The molecule has 176 valence electrons. The van der Waals surface area contributed by atoms with Gasteiger partial charge in [0.25, 0.3) is 0 Å². The standard InChI is InChI=1S/C23H25Cl2N3O4S/c1-23(2,17-6-9-21(20(25)14-17)31-13-11-24)16-4-7-19(8-5-16)32-15-18-10-12-26-22(27-18)28-33(3,29)30/h4-10,12,14H,11,13,15H2,1-3H3,(H,26,27,28). The zero-order valence-electron chi connectivity index (χ0n) is 18.5. The van der Waals surface area contributed by atoms with Crippen LogP contribution in [0.4, 0.5) is 5.95 Å². The van der Waals surface area contributed by atoms with Gasteiger partial charge in [0, 0.05) is 11.6 Å². The van der Waals surface area contributed by atoms with Gasteiger partial charge in [0.1, 0.15) is 24.7 Å². The Labute approximate surface area is 204 Å². The first-order valence-corrected chi connectivity index (χ1v) is 12.9. The molecule has 2 aromatic carbocycles. The molecule has 0 radical (unpaired) electrons. The molecule has 3 rings (SSSR count). The Kier molecular flexibility index (Phi) is 8.05. The van der Waals surface area contributed by atoms with Crippen LogP contribution in [0.15, 0.2) is 54.7 Å². The first-order chi connectivity index (χ1) is 15.6. The molecule has 1 N–H and O–H groups in total. The maximum absolute atomic E-state index is 11.3. The fraction of sp³-hybridized carbons (Fsp3) is 0.304. The van der Waals surface area contributed by atoms with Gasteiger partial charge in [-0.3, -0.25) is 4.72 Å². The van der Waals surface area contributed by atoms with Gasteiger partial charge in [-0.2, -0.15) is 0 Å². The first kappa shape index (κ1) is 25.1. The topological polar surface area (TPSA) is 90.4 Å². The van der Waals surface area contributed by atoms with E-state index in [0.29, 0.717) is 34.7 Å². The predicted octanol–water partition coefficient (Wildman–Crippen LogP) is 5.02. The van der Waals surface area contributed by atoms with Crippen LogP contribution in [0.25, 0.3) is 0 Å².